The van der Waals surface area contributed by atoms with Gasteiger partial charge in [-0.05, 0) is 31.4 Å². The van der Waals surface area contributed by atoms with E-state index in [1.165, 1.54) is 14.2 Å². The van der Waals surface area contributed by atoms with Gasteiger partial charge in [-0.15, -0.1) is 0 Å². The van der Waals surface area contributed by atoms with Gasteiger partial charge in [-0.2, -0.15) is 0 Å². The van der Waals surface area contributed by atoms with Crippen molar-refractivity contribution < 1.29 is 28.3 Å². The number of rotatable bonds is 6. The molecule has 1 aliphatic heterocycles. The number of ether oxygens (including phenoxy) is 2. The van der Waals surface area contributed by atoms with Crippen LogP contribution in [-0.4, -0.2) is 61.2 Å². The lowest BCUT2D eigenvalue weighted by Gasteiger charge is -2.31. The highest BCUT2D eigenvalue weighted by Gasteiger charge is 2.30. The van der Waals surface area contributed by atoms with E-state index in [2.05, 4.69) is 15.0 Å². The monoisotopic (exact) mass is 403 g/mol. The number of carbonyl (C=O) groups excluding carboxylic acids is 3. The molecule has 0 aliphatic carbocycles. The Balaban J connectivity index is 1.55. The first-order valence-corrected chi connectivity index (χ1v) is 9.57. The Morgan fingerprint density at radius 3 is 2.59 bits per heavy atom. The van der Waals surface area contributed by atoms with Crippen LogP contribution in [0.15, 0.2) is 28.7 Å². The number of amides is 2. The molecule has 1 fully saturated rings. The Morgan fingerprint density at radius 1 is 1.21 bits per heavy atom. The fraction of sp³-hybridized carbons (Fsp3) is 0.500. The molecule has 3 rings (SSSR count). The summed E-state index contributed by atoms with van der Waals surface area (Å²) in [4.78, 5) is 42.0. The van der Waals surface area contributed by atoms with Crippen molar-refractivity contribution in [3.63, 3.8) is 0 Å². The van der Waals surface area contributed by atoms with Gasteiger partial charge >= 0.3 is 18.0 Å². The molecule has 1 saturated heterocycles. The van der Waals surface area contributed by atoms with Crippen LogP contribution in [0.3, 0.4) is 0 Å². The Morgan fingerprint density at radius 2 is 1.93 bits per heavy atom. The smallest absolute Gasteiger partial charge is 0.328 e. The summed E-state index contributed by atoms with van der Waals surface area (Å²) in [5, 5.41) is 2.66. The summed E-state index contributed by atoms with van der Waals surface area (Å²) in [6.45, 7) is 1.03. The van der Waals surface area contributed by atoms with Gasteiger partial charge in [0.15, 0.2) is 11.5 Å². The molecule has 29 heavy (non-hydrogen) atoms. The molecule has 1 aromatic heterocycles. The summed E-state index contributed by atoms with van der Waals surface area (Å²) in [7, 11) is 2.51. The van der Waals surface area contributed by atoms with E-state index in [1.807, 2.05) is 24.3 Å². The first kappa shape index (κ1) is 20.6. The fourth-order valence-corrected chi connectivity index (χ4v) is 3.39. The van der Waals surface area contributed by atoms with Crippen molar-refractivity contribution in [3.05, 3.63) is 30.2 Å². The predicted molar refractivity (Wildman–Crippen MR) is 103 cm³/mol. The third-order valence-corrected chi connectivity index (χ3v) is 5.09. The van der Waals surface area contributed by atoms with Crippen LogP contribution in [-0.2, 0) is 19.1 Å². The number of hydrogen-bond acceptors (Lipinski definition) is 7. The van der Waals surface area contributed by atoms with Gasteiger partial charge in [-0.3, -0.25) is 4.79 Å². The van der Waals surface area contributed by atoms with Gasteiger partial charge in [0, 0.05) is 25.4 Å². The normalized spacial score (nSPS) is 15.7. The summed E-state index contributed by atoms with van der Waals surface area (Å²) >= 11 is 0. The zero-order chi connectivity index (χ0) is 20.8. The van der Waals surface area contributed by atoms with Gasteiger partial charge in [0.2, 0.25) is 0 Å². The van der Waals surface area contributed by atoms with Crippen molar-refractivity contribution >= 4 is 29.1 Å². The maximum atomic E-state index is 12.6. The minimum atomic E-state index is -0.902. The van der Waals surface area contributed by atoms with Crippen LogP contribution in [0.5, 0.6) is 0 Å². The van der Waals surface area contributed by atoms with E-state index in [4.69, 9.17) is 9.15 Å². The molecule has 0 spiro atoms. The molecule has 0 radical (unpaired) electrons. The Labute approximate surface area is 168 Å². The highest BCUT2D eigenvalue weighted by Crippen LogP contribution is 2.29. The second kappa shape index (κ2) is 9.40. The average molecular weight is 403 g/mol. The molecule has 1 aliphatic rings. The maximum Gasteiger partial charge on any atom is 0.328 e. The topological polar surface area (TPSA) is 111 Å². The number of fused-ring (bicyclic) bond motifs is 1. The molecular weight excluding hydrogens is 378 g/mol. The van der Waals surface area contributed by atoms with E-state index in [0.717, 1.165) is 11.1 Å². The Hall–Kier alpha value is -3.10. The van der Waals surface area contributed by atoms with Crippen LogP contribution in [0.1, 0.15) is 37.5 Å². The summed E-state index contributed by atoms with van der Waals surface area (Å²) in [5.74, 6) is -0.213. The number of aromatic nitrogens is 1. The summed E-state index contributed by atoms with van der Waals surface area (Å²) in [6, 6.07) is 6.35. The van der Waals surface area contributed by atoms with Crippen molar-refractivity contribution in [2.75, 3.05) is 27.3 Å². The van der Waals surface area contributed by atoms with Gasteiger partial charge < -0.3 is 24.1 Å². The van der Waals surface area contributed by atoms with E-state index >= 15 is 0 Å². The number of piperidine rings is 1. The third-order valence-electron chi connectivity index (χ3n) is 5.09. The zero-order valence-electron chi connectivity index (χ0n) is 16.6. The lowest BCUT2D eigenvalue weighted by atomic mass is 9.97. The number of nitrogens with one attached hydrogen (secondary N) is 1. The highest BCUT2D eigenvalue weighted by atomic mass is 16.5. The van der Waals surface area contributed by atoms with Gasteiger partial charge in [-0.1, -0.05) is 12.1 Å². The van der Waals surface area contributed by atoms with Crippen LogP contribution in [0, 0.1) is 0 Å². The summed E-state index contributed by atoms with van der Waals surface area (Å²) in [5.41, 5.74) is 1.59. The molecule has 2 aromatic rings. The molecule has 9 nitrogen and oxygen atoms in total. The largest absolute Gasteiger partial charge is 0.469 e. The quantitative estimate of drug-likeness (QED) is 0.736. The second-order valence-electron chi connectivity index (χ2n) is 6.92. The summed E-state index contributed by atoms with van der Waals surface area (Å²) < 4.78 is 15.2. The van der Waals surface area contributed by atoms with Crippen molar-refractivity contribution in [1.29, 1.82) is 0 Å². The molecule has 1 atom stereocenters. The van der Waals surface area contributed by atoms with Crippen molar-refractivity contribution in [2.45, 2.75) is 37.6 Å². The van der Waals surface area contributed by atoms with Crippen molar-refractivity contribution in [2.24, 2.45) is 0 Å². The molecule has 9 heteroatoms. The van der Waals surface area contributed by atoms with Gasteiger partial charge in [0.1, 0.15) is 11.6 Å². The second-order valence-corrected chi connectivity index (χ2v) is 6.92. The van der Waals surface area contributed by atoms with Gasteiger partial charge in [-0.25, -0.2) is 14.6 Å². The van der Waals surface area contributed by atoms with Crippen LogP contribution in [0.25, 0.3) is 11.1 Å². The molecule has 1 unspecified atom stereocenters. The van der Waals surface area contributed by atoms with Crippen LogP contribution >= 0.6 is 0 Å². The maximum absolute atomic E-state index is 12.6. The van der Waals surface area contributed by atoms with Crippen molar-refractivity contribution in [1.82, 2.24) is 15.2 Å². The van der Waals surface area contributed by atoms with E-state index < -0.39 is 18.0 Å². The van der Waals surface area contributed by atoms with Crippen LogP contribution in [0.4, 0.5) is 4.79 Å². The number of carbonyl (C=O) groups is 3. The molecule has 0 bridgehead atoms. The third kappa shape index (κ3) is 5.04. The minimum absolute atomic E-state index is 0.0103. The molecule has 2 heterocycles. The Kier molecular flexibility index (Phi) is 6.69. The molecule has 1 aromatic carbocycles. The number of para-hydroxylation sites is 2. The number of urea groups is 1. The minimum Gasteiger partial charge on any atom is -0.469 e. The molecule has 0 saturated carbocycles. The number of nitrogens with zero attached hydrogens (tertiary/aromatic N) is 2. The van der Waals surface area contributed by atoms with Gasteiger partial charge in [0.25, 0.3) is 0 Å². The zero-order valence-corrected chi connectivity index (χ0v) is 16.6. The van der Waals surface area contributed by atoms with E-state index in [9.17, 15) is 14.4 Å². The first-order chi connectivity index (χ1) is 14.0. The standard InChI is InChI=1S/C20H25N3O6/c1-27-17(24)8-7-15(19(25)28-2)22-20(26)23-11-9-13(10-12-23)18-21-14-5-3-4-6-16(14)29-18/h3-6,13,15H,7-12H2,1-2H3,(H,22,26). The number of esters is 2. The predicted octanol–water partition coefficient (Wildman–Crippen LogP) is 2.21. The average Bonchev–Trinajstić information content (AvgIpc) is 3.20. The van der Waals surface area contributed by atoms with Gasteiger partial charge in [0.05, 0.1) is 14.2 Å². The number of likely N-dealkylation sites (tertiary alicyclic amines) is 1. The molecule has 156 valence electrons. The number of benzene rings is 1. The van der Waals surface area contributed by atoms with Crippen LogP contribution < -0.4 is 5.32 Å². The van der Waals surface area contributed by atoms with Crippen LogP contribution in [0.2, 0.25) is 0 Å². The summed E-state index contributed by atoms with van der Waals surface area (Å²) in [6.07, 6.45) is 1.55. The number of hydrogen-bond donors (Lipinski definition) is 1. The van der Waals surface area contributed by atoms with E-state index in [0.29, 0.717) is 31.8 Å². The van der Waals surface area contributed by atoms with Crippen molar-refractivity contribution in [3.8, 4) is 0 Å². The molecule has 2 amide bonds. The Bertz CT molecular complexity index is 839. The number of methoxy groups -OCH3 is 2. The van der Waals surface area contributed by atoms with E-state index in [1.54, 1.807) is 4.90 Å². The SMILES string of the molecule is COC(=O)CCC(NC(=O)N1CCC(c2nc3ccccc3o2)CC1)C(=O)OC. The highest BCUT2D eigenvalue weighted by molar-refractivity contribution is 5.84. The lowest BCUT2D eigenvalue weighted by molar-refractivity contribution is -0.144. The van der Waals surface area contributed by atoms with E-state index in [-0.39, 0.29) is 24.8 Å². The molecular formula is C20H25N3O6. The fourth-order valence-electron chi connectivity index (χ4n) is 3.39. The number of oxazole rings is 1. The first-order valence-electron chi connectivity index (χ1n) is 9.57. The lowest BCUT2D eigenvalue weighted by Crippen LogP contribution is -2.50. The molecule has 1 N–H and O–H groups in total.